The third kappa shape index (κ3) is 3.25. The highest BCUT2D eigenvalue weighted by molar-refractivity contribution is 9.10. The maximum absolute atomic E-state index is 10.6. The van der Waals surface area contributed by atoms with Crippen LogP contribution in [-0.2, 0) is 15.9 Å². The molecule has 1 aromatic carbocycles. The summed E-state index contributed by atoms with van der Waals surface area (Å²) in [5, 5.41) is 10.6. The topological polar surface area (TPSA) is 38.7 Å². The zero-order valence-corrected chi connectivity index (χ0v) is 13.1. The van der Waals surface area contributed by atoms with Gasteiger partial charge >= 0.3 is 0 Å². The third-order valence-corrected chi connectivity index (χ3v) is 4.97. The van der Waals surface area contributed by atoms with E-state index in [0.717, 1.165) is 36.9 Å². The summed E-state index contributed by atoms with van der Waals surface area (Å²) in [7, 11) is 0. The molecule has 2 aliphatic heterocycles. The first-order valence-electron chi connectivity index (χ1n) is 7.31. The predicted molar refractivity (Wildman–Crippen MR) is 80.7 cm³/mol. The Kier molecular flexibility index (Phi) is 4.46. The second-order valence-electron chi connectivity index (χ2n) is 5.99. The van der Waals surface area contributed by atoms with Crippen LogP contribution in [0.5, 0.6) is 0 Å². The zero-order valence-electron chi connectivity index (χ0n) is 11.6. The van der Waals surface area contributed by atoms with E-state index in [0.29, 0.717) is 18.9 Å². The Balaban J connectivity index is 1.63. The summed E-state index contributed by atoms with van der Waals surface area (Å²) in [6, 6.07) is 8.18. The van der Waals surface area contributed by atoms with Gasteiger partial charge in [-0.1, -0.05) is 28.1 Å². The molecule has 3 nitrogen and oxygen atoms in total. The fourth-order valence-corrected chi connectivity index (χ4v) is 3.78. The second-order valence-corrected chi connectivity index (χ2v) is 6.90. The van der Waals surface area contributed by atoms with Gasteiger partial charge in [0.25, 0.3) is 0 Å². The van der Waals surface area contributed by atoms with Crippen LogP contribution < -0.4 is 0 Å². The highest BCUT2D eigenvalue weighted by Gasteiger charge is 2.42. The van der Waals surface area contributed by atoms with E-state index in [1.807, 2.05) is 12.1 Å². The molecule has 4 heteroatoms. The van der Waals surface area contributed by atoms with Gasteiger partial charge in [-0.2, -0.15) is 0 Å². The van der Waals surface area contributed by atoms with Crippen molar-refractivity contribution in [1.29, 1.82) is 0 Å². The smallest absolute Gasteiger partial charge is 0.0940 e. The van der Waals surface area contributed by atoms with Gasteiger partial charge in [-0.3, -0.25) is 0 Å². The number of halogens is 1. The molecule has 1 spiro atoms. The average Bonchev–Trinajstić information content (AvgIpc) is 2.87. The SMILES string of the molecule is OC(Cc1cccc(Br)c1)C1CCOC2(CCOC2)C1. The van der Waals surface area contributed by atoms with Crippen molar-refractivity contribution in [1.82, 2.24) is 0 Å². The second kappa shape index (κ2) is 6.14. The number of ether oxygens (including phenoxy) is 2. The zero-order chi connectivity index (χ0) is 14.0. The van der Waals surface area contributed by atoms with Gasteiger partial charge in [0.15, 0.2) is 0 Å². The molecule has 0 amide bonds. The maximum Gasteiger partial charge on any atom is 0.0940 e. The quantitative estimate of drug-likeness (QED) is 0.919. The van der Waals surface area contributed by atoms with Gasteiger partial charge < -0.3 is 14.6 Å². The lowest BCUT2D eigenvalue weighted by molar-refractivity contribution is -0.116. The van der Waals surface area contributed by atoms with Gasteiger partial charge in [0.1, 0.15) is 0 Å². The first kappa shape index (κ1) is 14.5. The molecule has 1 aromatic rings. The Morgan fingerprint density at radius 1 is 1.40 bits per heavy atom. The molecule has 3 atom stereocenters. The van der Waals surface area contributed by atoms with Crippen LogP contribution in [0.4, 0.5) is 0 Å². The van der Waals surface area contributed by atoms with Gasteiger partial charge in [-0.05, 0) is 42.9 Å². The van der Waals surface area contributed by atoms with Crippen LogP contribution in [0.3, 0.4) is 0 Å². The Bertz CT molecular complexity index is 457. The van der Waals surface area contributed by atoms with E-state index >= 15 is 0 Å². The monoisotopic (exact) mass is 340 g/mol. The normalized spacial score (nSPS) is 31.6. The summed E-state index contributed by atoms with van der Waals surface area (Å²) < 4.78 is 12.5. The van der Waals surface area contributed by atoms with Crippen molar-refractivity contribution in [2.45, 2.75) is 37.4 Å². The standard InChI is InChI=1S/C16H21BrO3/c17-14-3-1-2-12(8-14)9-15(18)13-4-6-20-16(10-13)5-7-19-11-16/h1-3,8,13,15,18H,4-7,9-11H2. The van der Waals surface area contributed by atoms with Crippen molar-refractivity contribution >= 4 is 15.9 Å². The number of aliphatic hydroxyl groups is 1. The minimum Gasteiger partial charge on any atom is -0.392 e. The minimum atomic E-state index is -0.300. The molecule has 2 aliphatic rings. The molecule has 1 N–H and O–H groups in total. The first-order valence-corrected chi connectivity index (χ1v) is 8.10. The molecule has 2 saturated heterocycles. The molecular formula is C16H21BrO3. The summed E-state index contributed by atoms with van der Waals surface area (Å²) >= 11 is 3.48. The minimum absolute atomic E-state index is 0.124. The predicted octanol–water partition coefficient (Wildman–Crippen LogP) is 2.94. The lowest BCUT2D eigenvalue weighted by atomic mass is 9.80. The van der Waals surface area contributed by atoms with Crippen LogP contribution in [0.25, 0.3) is 0 Å². The molecule has 0 aromatic heterocycles. The van der Waals surface area contributed by atoms with Crippen LogP contribution in [-0.4, -0.2) is 36.6 Å². The molecule has 0 radical (unpaired) electrons. The van der Waals surface area contributed by atoms with Crippen molar-refractivity contribution in [3.8, 4) is 0 Å². The van der Waals surface area contributed by atoms with Gasteiger partial charge in [0.2, 0.25) is 0 Å². The summed E-state index contributed by atoms with van der Waals surface area (Å²) in [6.07, 6.45) is 3.23. The fourth-order valence-electron chi connectivity index (χ4n) is 3.33. The average molecular weight is 341 g/mol. The molecule has 20 heavy (non-hydrogen) atoms. The molecular weight excluding hydrogens is 320 g/mol. The van der Waals surface area contributed by atoms with E-state index in [1.165, 1.54) is 5.56 Å². The van der Waals surface area contributed by atoms with Crippen molar-refractivity contribution in [3.05, 3.63) is 34.3 Å². The van der Waals surface area contributed by atoms with E-state index < -0.39 is 0 Å². The maximum atomic E-state index is 10.6. The van der Waals surface area contributed by atoms with Crippen LogP contribution in [0.1, 0.15) is 24.8 Å². The first-order chi connectivity index (χ1) is 9.67. The molecule has 0 aliphatic carbocycles. The summed E-state index contributed by atoms with van der Waals surface area (Å²) in [5.74, 6) is 0.310. The van der Waals surface area contributed by atoms with Crippen molar-refractivity contribution < 1.29 is 14.6 Å². The van der Waals surface area contributed by atoms with Crippen molar-refractivity contribution in [2.75, 3.05) is 19.8 Å². The number of benzene rings is 1. The number of hydrogen-bond donors (Lipinski definition) is 1. The van der Waals surface area contributed by atoms with Crippen LogP contribution >= 0.6 is 15.9 Å². The highest BCUT2D eigenvalue weighted by Crippen LogP contribution is 2.37. The van der Waals surface area contributed by atoms with E-state index in [2.05, 4.69) is 28.1 Å². The summed E-state index contributed by atoms with van der Waals surface area (Å²) in [4.78, 5) is 0. The van der Waals surface area contributed by atoms with Gasteiger partial charge in [0.05, 0.1) is 18.3 Å². The van der Waals surface area contributed by atoms with E-state index in [1.54, 1.807) is 0 Å². The van der Waals surface area contributed by atoms with Gasteiger partial charge in [-0.15, -0.1) is 0 Å². The lowest BCUT2D eigenvalue weighted by Crippen LogP contribution is -2.44. The Hall–Kier alpha value is -0.420. The van der Waals surface area contributed by atoms with E-state index in [4.69, 9.17) is 9.47 Å². The Labute approximate surface area is 128 Å². The number of hydrogen-bond acceptors (Lipinski definition) is 3. The summed E-state index contributed by atoms with van der Waals surface area (Å²) in [5.41, 5.74) is 1.05. The lowest BCUT2D eigenvalue weighted by Gasteiger charge is -2.39. The molecule has 0 saturated carbocycles. The number of rotatable bonds is 3. The number of aliphatic hydroxyl groups excluding tert-OH is 1. The third-order valence-electron chi connectivity index (χ3n) is 4.48. The molecule has 0 bridgehead atoms. The van der Waals surface area contributed by atoms with Crippen molar-refractivity contribution in [3.63, 3.8) is 0 Å². The van der Waals surface area contributed by atoms with Crippen LogP contribution in [0, 0.1) is 5.92 Å². The molecule has 3 unspecified atom stereocenters. The Morgan fingerprint density at radius 2 is 2.30 bits per heavy atom. The van der Waals surface area contributed by atoms with Gasteiger partial charge in [0, 0.05) is 24.1 Å². The molecule has 2 heterocycles. The van der Waals surface area contributed by atoms with Crippen LogP contribution in [0.15, 0.2) is 28.7 Å². The summed E-state index contributed by atoms with van der Waals surface area (Å²) in [6.45, 7) is 2.21. The van der Waals surface area contributed by atoms with E-state index in [9.17, 15) is 5.11 Å². The van der Waals surface area contributed by atoms with Crippen LogP contribution in [0.2, 0.25) is 0 Å². The highest BCUT2D eigenvalue weighted by atomic mass is 79.9. The largest absolute Gasteiger partial charge is 0.392 e. The Morgan fingerprint density at radius 3 is 3.05 bits per heavy atom. The fraction of sp³-hybridized carbons (Fsp3) is 0.625. The molecule has 3 rings (SSSR count). The van der Waals surface area contributed by atoms with Crippen molar-refractivity contribution in [2.24, 2.45) is 5.92 Å². The van der Waals surface area contributed by atoms with Gasteiger partial charge in [-0.25, -0.2) is 0 Å². The molecule has 2 fully saturated rings. The molecule has 110 valence electrons. The van der Waals surface area contributed by atoms with E-state index in [-0.39, 0.29) is 11.7 Å².